The molecule has 5 heteroatoms. The lowest BCUT2D eigenvalue weighted by Crippen LogP contribution is -2.16. The van der Waals surface area contributed by atoms with Crippen molar-refractivity contribution < 1.29 is 9.59 Å². The monoisotopic (exact) mass is 443 g/mol. The predicted octanol–water partition coefficient (Wildman–Crippen LogP) is 7.36. The van der Waals surface area contributed by atoms with Gasteiger partial charge in [-0.15, -0.1) is 0 Å². The zero-order chi connectivity index (χ0) is 23.3. The van der Waals surface area contributed by atoms with E-state index in [1.54, 1.807) is 18.3 Å². The number of hydrogen-bond donors (Lipinski definition) is 2. The minimum Gasteiger partial charge on any atom is -0.326 e. The van der Waals surface area contributed by atoms with Crippen LogP contribution < -0.4 is 10.7 Å². The second-order valence-corrected chi connectivity index (χ2v) is 8.80. The number of anilines is 1. The lowest BCUT2D eigenvalue weighted by Gasteiger charge is -2.03. The van der Waals surface area contributed by atoms with Crippen molar-refractivity contribution in [1.29, 1.82) is 0 Å². The first-order valence-corrected chi connectivity index (χ1v) is 12.8. The smallest absolute Gasteiger partial charge is 0.240 e. The molecule has 0 fully saturated rings. The Morgan fingerprint density at radius 3 is 1.69 bits per heavy atom. The number of amides is 2. The molecule has 0 radical (unpaired) electrons. The minimum absolute atomic E-state index is 0.0363. The molecule has 0 aliphatic heterocycles. The number of nitrogens with one attached hydrogen (secondary N) is 2. The van der Waals surface area contributed by atoms with Crippen LogP contribution in [-0.2, 0) is 9.59 Å². The fourth-order valence-corrected chi connectivity index (χ4v) is 3.75. The summed E-state index contributed by atoms with van der Waals surface area (Å²) < 4.78 is 0. The second kappa shape index (κ2) is 19.5. The molecule has 0 saturated carbocycles. The van der Waals surface area contributed by atoms with E-state index in [1.165, 1.54) is 90.4 Å². The maximum Gasteiger partial charge on any atom is 0.240 e. The number of nitrogens with zero attached hydrogens (tertiary/aromatic N) is 1. The summed E-state index contributed by atoms with van der Waals surface area (Å²) in [6.07, 6.45) is 22.0. The van der Waals surface area contributed by atoms with Gasteiger partial charge in [0.15, 0.2) is 0 Å². The van der Waals surface area contributed by atoms with Gasteiger partial charge in [-0.2, -0.15) is 5.10 Å². The summed E-state index contributed by atoms with van der Waals surface area (Å²) in [6, 6.07) is 7.30. The third-order valence-electron chi connectivity index (χ3n) is 5.64. The number of hydrogen-bond acceptors (Lipinski definition) is 3. The van der Waals surface area contributed by atoms with Gasteiger partial charge in [0.2, 0.25) is 11.8 Å². The molecule has 1 rings (SSSR count). The maximum absolute atomic E-state index is 11.9. The van der Waals surface area contributed by atoms with Crippen LogP contribution in [0.25, 0.3) is 0 Å². The highest BCUT2D eigenvalue weighted by Crippen LogP contribution is 2.13. The van der Waals surface area contributed by atoms with Gasteiger partial charge in [0.05, 0.1) is 6.21 Å². The van der Waals surface area contributed by atoms with Gasteiger partial charge in [-0.05, 0) is 24.1 Å². The van der Waals surface area contributed by atoms with E-state index in [0.717, 1.165) is 24.1 Å². The van der Waals surface area contributed by atoms with E-state index in [-0.39, 0.29) is 11.8 Å². The van der Waals surface area contributed by atoms with Gasteiger partial charge < -0.3 is 5.32 Å². The molecule has 5 nitrogen and oxygen atoms in total. The van der Waals surface area contributed by atoms with Gasteiger partial charge >= 0.3 is 0 Å². The molecular formula is C27H45N3O2. The highest BCUT2D eigenvalue weighted by Gasteiger charge is 2.00. The van der Waals surface area contributed by atoms with E-state index in [0.29, 0.717) is 6.42 Å². The molecule has 0 aromatic heterocycles. The van der Waals surface area contributed by atoms with Crippen molar-refractivity contribution in [2.45, 2.75) is 117 Å². The number of hydrazone groups is 1. The maximum atomic E-state index is 11.9. The first-order chi connectivity index (χ1) is 15.6. The Kier molecular flexibility index (Phi) is 17.0. The molecule has 0 heterocycles. The highest BCUT2D eigenvalue weighted by atomic mass is 16.2. The first-order valence-electron chi connectivity index (χ1n) is 12.8. The number of carbonyl (C=O) groups is 2. The SMILES string of the molecule is CCCCCCCCCCCCCCCCCC(=O)N/N=C/c1ccc(NC(C)=O)cc1. The molecule has 180 valence electrons. The Morgan fingerprint density at radius 2 is 1.22 bits per heavy atom. The largest absolute Gasteiger partial charge is 0.326 e. The van der Waals surface area contributed by atoms with Crippen LogP contribution in [0.1, 0.15) is 122 Å². The molecule has 32 heavy (non-hydrogen) atoms. The van der Waals surface area contributed by atoms with Gasteiger partial charge in [0, 0.05) is 19.0 Å². The third-order valence-corrected chi connectivity index (χ3v) is 5.64. The summed E-state index contributed by atoms with van der Waals surface area (Å²) >= 11 is 0. The normalized spacial score (nSPS) is 11.1. The summed E-state index contributed by atoms with van der Waals surface area (Å²) in [5, 5.41) is 6.72. The molecule has 0 unspecified atom stereocenters. The van der Waals surface area contributed by atoms with Crippen LogP contribution in [0, 0.1) is 0 Å². The third kappa shape index (κ3) is 16.5. The van der Waals surface area contributed by atoms with Gasteiger partial charge in [-0.1, -0.05) is 109 Å². The van der Waals surface area contributed by atoms with E-state index in [9.17, 15) is 9.59 Å². The van der Waals surface area contributed by atoms with E-state index >= 15 is 0 Å². The van der Waals surface area contributed by atoms with Crippen LogP contribution in [0.5, 0.6) is 0 Å². The highest BCUT2D eigenvalue weighted by molar-refractivity contribution is 5.89. The van der Waals surface area contributed by atoms with Crippen LogP contribution >= 0.6 is 0 Å². The van der Waals surface area contributed by atoms with E-state index < -0.39 is 0 Å². The summed E-state index contributed by atoms with van der Waals surface area (Å²) in [4.78, 5) is 22.9. The number of benzene rings is 1. The van der Waals surface area contributed by atoms with E-state index in [1.807, 2.05) is 12.1 Å². The molecule has 0 atom stereocenters. The fraction of sp³-hybridized carbons (Fsp3) is 0.667. The molecule has 0 aliphatic carbocycles. The number of unbranched alkanes of at least 4 members (excludes halogenated alkanes) is 14. The Balaban J connectivity index is 1.91. The lowest BCUT2D eigenvalue weighted by molar-refractivity contribution is -0.121. The molecule has 0 bridgehead atoms. The van der Waals surface area contributed by atoms with Crippen LogP contribution in [0.15, 0.2) is 29.4 Å². The van der Waals surface area contributed by atoms with Gasteiger partial charge in [-0.3, -0.25) is 9.59 Å². The Hall–Kier alpha value is -2.17. The zero-order valence-corrected chi connectivity index (χ0v) is 20.5. The number of carbonyl (C=O) groups excluding carboxylic acids is 2. The van der Waals surface area contributed by atoms with Crippen LogP contribution in [0.3, 0.4) is 0 Å². The topological polar surface area (TPSA) is 70.6 Å². The Labute approximate surface area is 195 Å². The molecular weight excluding hydrogens is 398 g/mol. The molecule has 0 spiro atoms. The Morgan fingerprint density at radius 1 is 0.750 bits per heavy atom. The average molecular weight is 444 g/mol. The van der Waals surface area contributed by atoms with E-state index in [2.05, 4.69) is 22.8 Å². The minimum atomic E-state index is -0.0996. The van der Waals surface area contributed by atoms with Crippen molar-refractivity contribution in [2.75, 3.05) is 5.32 Å². The van der Waals surface area contributed by atoms with Crippen LogP contribution in [-0.4, -0.2) is 18.0 Å². The summed E-state index contributed by atoms with van der Waals surface area (Å²) in [5.41, 5.74) is 4.20. The van der Waals surface area contributed by atoms with Gasteiger partial charge in [0.25, 0.3) is 0 Å². The van der Waals surface area contributed by atoms with Gasteiger partial charge in [-0.25, -0.2) is 5.43 Å². The van der Waals surface area contributed by atoms with Crippen molar-refractivity contribution in [2.24, 2.45) is 5.10 Å². The molecule has 0 aliphatic rings. The van der Waals surface area contributed by atoms with Crippen LogP contribution in [0.4, 0.5) is 5.69 Å². The lowest BCUT2D eigenvalue weighted by atomic mass is 10.0. The van der Waals surface area contributed by atoms with Crippen molar-refractivity contribution >= 4 is 23.7 Å². The van der Waals surface area contributed by atoms with E-state index in [4.69, 9.17) is 0 Å². The van der Waals surface area contributed by atoms with Crippen molar-refractivity contribution in [3.63, 3.8) is 0 Å². The fourth-order valence-electron chi connectivity index (χ4n) is 3.75. The second-order valence-electron chi connectivity index (χ2n) is 8.80. The van der Waals surface area contributed by atoms with Crippen molar-refractivity contribution in [1.82, 2.24) is 5.43 Å². The molecule has 2 N–H and O–H groups in total. The molecule has 2 amide bonds. The summed E-state index contributed by atoms with van der Waals surface area (Å²) in [6.45, 7) is 3.75. The molecule has 1 aromatic carbocycles. The molecule has 0 saturated heterocycles. The summed E-state index contributed by atoms with van der Waals surface area (Å²) in [7, 11) is 0. The van der Waals surface area contributed by atoms with Crippen molar-refractivity contribution in [3.05, 3.63) is 29.8 Å². The quantitative estimate of drug-likeness (QED) is 0.133. The van der Waals surface area contributed by atoms with Crippen molar-refractivity contribution in [3.8, 4) is 0 Å². The molecule has 1 aromatic rings. The first kappa shape index (κ1) is 27.9. The predicted molar refractivity (Wildman–Crippen MR) is 136 cm³/mol. The standard InChI is InChI=1S/C27H45N3O2/c1-3-4-5-6-7-8-9-10-11-12-13-14-15-16-17-18-27(32)30-28-23-25-19-21-26(22-20-25)29-24(2)31/h19-23H,3-18H2,1-2H3,(H,29,31)(H,30,32)/b28-23+. The number of rotatable bonds is 19. The Bertz CT molecular complexity index is 641. The zero-order valence-electron chi connectivity index (χ0n) is 20.5. The van der Waals surface area contributed by atoms with Crippen LogP contribution in [0.2, 0.25) is 0 Å². The summed E-state index contributed by atoms with van der Waals surface area (Å²) in [5.74, 6) is -0.136. The average Bonchev–Trinajstić information content (AvgIpc) is 2.77. The van der Waals surface area contributed by atoms with Gasteiger partial charge in [0.1, 0.15) is 0 Å².